The fraction of sp³-hybridized carbons (Fsp3) is 0.708. The average molecular weight is 808 g/mol. The molecule has 0 amide bonds. The molecule has 8 aliphatic heterocycles. The number of nitrogens with zero attached hydrogens (tertiary/aromatic N) is 9. The van der Waals surface area contributed by atoms with Gasteiger partial charge in [-0.25, -0.2) is 0 Å². The van der Waals surface area contributed by atoms with Gasteiger partial charge in [-0.15, -0.1) is 0 Å². The number of aliphatic hydroxyl groups is 1. The van der Waals surface area contributed by atoms with Crippen molar-refractivity contribution in [3.63, 3.8) is 0 Å². The minimum atomic E-state index is 0. The van der Waals surface area contributed by atoms with Crippen LogP contribution in [-0.4, -0.2) is 159 Å². The van der Waals surface area contributed by atoms with E-state index in [-0.39, 0.29) is 68.8 Å². The predicted molar refractivity (Wildman–Crippen MR) is 166 cm³/mol. The van der Waals surface area contributed by atoms with E-state index in [1.807, 2.05) is 39.2 Å². The quantitative estimate of drug-likeness (QED) is 0.0979. The van der Waals surface area contributed by atoms with E-state index in [0.717, 1.165) is 11.4 Å². The summed E-state index contributed by atoms with van der Waals surface area (Å²) < 4.78 is 0. The Kier molecular flexibility index (Phi) is 24.4. The van der Waals surface area contributed by atoms with Crippen molar-refractivity contribution in [3.8, 4) is 0 Å². The molecule has 1 aromatic heterocycles. The van der Waals surface area contributed by atoms with Crippen LogP contribution in [-0.2, 0) is 19.5 Å². The van der Waals surface area contributed by atoms with Crippen molar-refractivity contribution in [1.29, 1.82) is 0 Å². The van der Waals surface area contributed by atoms with Gasteiger partial charge in [0.2, 0.25) is 0 Å². The summed E-state index contributed by atoms with van der Waals surface area (Å²) >= 11 is 5.03. The minimum Gasteiger partial charge on any atom is -1.00 e. The first-order valence-electron chi connectivity index (χ1n) is 13.2. The first-order valence-corrected chi connectivity index (χ1v) is 17.4. The Morgan fingerprint density at radius 2 is 1.21 bits per heavy atom. The summed E-state index contributed by atoms with van der Waals surface area (Å²) in [6.07, 6.45) is 10.2. The first-order chi connectivity index (χ1) is 18.3. The van der Waals surface area contributed by atoms with Gasteiger partial charge in [-0.05, 0) is 38.2 Å². The molecule has 12 nitrogen and oxygen atoms in total. The van der Waals surface area contributed by atoms with Crippen molar-refractivity contribution in [2.24, 2.45) is 5.10 Å². The van der Waals surface area contributed by atoms with Crippen LogP contribution in [0.25, 0.3) is 0 Å². The van der Waals surface area contributed by atoms with E-state index < -0.39 is 0 Å². The van der Waals surface area contributed by atoms with E-state index in [1.54, 1.807) is 18.0 Å². The maximum absolute atomic E-state index is 7.57. The number of pyridine rings is 1. The van der Waals surface area contributed by atoms with Crippen LogP contribution in [0.3, 0.4) is 0 Å². The third-order valence-electron chi connectivity index (χ3n) is 6.56. The fourth-order valence-corrected chi connectivity index (χ4v) is 10.4. The summed E-state index contributed by atoms with van der Waals surface area (Å²) in [4.78, 5) is 21.4. The number of aliphatic hydroxyl groups excluding tert-OH is 1. The smallest absolute Gasteiger partial charge is 1.00 e. The number of hydrazone groups is 1. The van der Waals surface area contributed by atoms with E-state index in [2.05, 4.69) is 44.9 Å². The number of hydrogen-bond acceptors (Lipinski definition) is 10. The van der Waals surface area contributed by atoms with E-state index in [0.29, 0.717) is 21.0 Å². The zero-order chi connectivity index (χ0) is 27.1. The van der Waals surface area contributed by atoms with E-state index in [4.69, 9.17) is 17.3 Å². The van der Waals surface area contributed by atoms with E-state index in [9.17, 15) is 0 Å². The molecule has 0 aliphatic carbocycles. The van der Waals surface area contributed by atoms with Gasteiger partial charge in [0.1, 0.15) is 0 Å². The van der Waals surface area contributed by atoms with Crippen LogP contribution >= 0.6 is 28.1 Å². The molecule has 0 spiro atoms. The Bertz CT molecular complexity index is 803. The average Bonchev–Trinajstić information content (AvgIpc) is 2.87. The molecule has 0 unspecified atom stereocenters. The van der Waals surface area contributed by atoms with Gasteiger partial charge >= 0.3 is 19.5 Å². The summed E-state index contributed by atoms with van der Waals surface area (Å²) in [5.74, 6) is 0. The molecule has 8 aliphatic rings. The van der Waals surface area contributed by atoms with Gasteiger partial charge in [0.25, 0.3) is 0 Å². The van der Waals surface area contributed by atoms with Gasteiger partial charge < -0.3 is 52.7 Å². The Morgan fingerprint density at radius 1 is 0.860 bits per heavy atom. The van der Waals surface area contributed by atoms with Crippen LogP contribution in [0.15, 0.2) is 29.5 Å². The minimum absolute atomic E-state index is 0. The van der Waals surface area contributed by atoms with Gasteiger partial charge in [0.15, 0.2) is 5.11 Å². The van der Waals surface area contributed by atoms with Crippen LogP contribution in [0, 0.1) is 0 Å². The number of aromatic nitrogens is 1. The monoisotopic (exact) mass is 807 g/mol. The molecular weight excluding hydrogens is 762 g/mol. The molecule has 9 rings (SSSR count). The van der Waals surface area contributed by atoms with Crippen LogP contribution < -0.4 is 42.6 Å². The van der Waals surface area contributed by atoms with Gasteiger partial charge in [-0.2, -0.15) is 5.10 Å². The second-order valence-corrected chi connectivity index (χ2v) is 15.4. The van der Waals surface area contributed by atoms with Crippen LogP contribution in [0.2, 0.25) is 0 Å². The Morgan fingerprint density at radius 3 is 1.47 bits per heavy atom. The molecule has 8 fully saturated rings. The maximum Gasteiger partial charge on any atom is 2.00 e. The molecule has 0 saturated carbocycles. The molecule has 0 radical (unpaired) electrons. The summed E-state index contributed by atoms with van der Waals surface area (Å²) in [7, 11) is 4.46. The second-order valence-electron chi connectivity index (χ2n) is 10.6. The van der Waals surface area contributed by atoms with Gasteiger partial charge in [-0.3, -0.25) is 39.8 Å². The Balaban J connectivity index is 0. The number of thiocarbonyl (C=S) groups is 1. The van der Waals surface area contributed by atoms with Crippen molar-refractivity contribution >= 4 is 38.9 Å². The van der Waals surface area contributed by atoms with Crippen molar-refractivity contribution in [3.05, 3.63) is 30.1 Å². The summed E-state index contributed by atoms with van der Waals surface area (Å²) in [5, 5.41) is 12.3. The topological polar surface area (TPSA) is 112 Å². The number of halogens is 3. The van der Waals surface area contributed by atoms with Crippen LogP contribution in [0.4, 0.5) is 0 Å². The van der Waals surface area contributed by atoms with Crippen LogP contribution in [0.5, 0.6) is 0 Å². The molecular formula is C24H46Cl3N10O2P2RuS-. The maximum atomic E-state index is 7.57. The van der Waals surface area contributed by atoms with E-state index >= 15 is 0 Å². The molecule has 1 aromatic rings. The summed E-state index contributed by atoms with van der Waals surface area (Å²) in [6.45, 7) is 11.3. The molecule has 19 heteroatoms. The normalized spacial score (nSPS) is 31.0. The fourth-order valence-electron chi connectivity index (χ4n) is 5.33. The summed E-state index contributed by atoms with van der Waals surface area (Å²) in [5.41, 5.74) is 4.43. The zero-order valence-corrected chi connectivity index (χ0v) is 31.9. The molecule has 0 aromatic carbocycles. The van der Waals surface area contributed by atoms with Gasteiger partial charge in [0.05, 0.1) is 51.4 Å². The number of nitrogens with one attached hydrogen (secondary N) is 1. The van der Waals surface area contributed by atoms with Crippen LogP contribution in [0.1, 0.15) is 19.5 Å². The van der Waals surface area contributed by atoms with Crippen molar-refractivity contribution in [1.82, 2.24) is 44.7 Å². The van der Waals surface area contributed by atoms with Gasteiger partial charge in [0, 0.05) is 64.6 Å². The molecule has 8 saturated heterocycles. The number of hydrogen-bond donors (Lipinski definition) is 2. The molecule has 9 heterocycles. The predicted octanol–water partition coefficient (Wildman–Crippen LogP) is -8.25. The largest absolute Gasteiger partial charge is 2.00 e. The SMILES string of the molecule is C/C(=N\NC(=S)N(C)C)c1ccccn1.C1N2CN3CN1CP(C2)C3.C1N2CN3CN1CP(C2)C3.CCO.O.[Cl-].[Cl-].[Cl-].[Ru+2]. The third kappa shape index (κ3) is 14.5. The third-order valence-corrected chi connectivity index (χ3v) is 11.8. The first kappa shape index (κ1) is 45.7. The van der Waals surface area contributed by atoms with Crippen molar-refractivity contribution in [2.45, 2.75) is 13.8 Å². The molecule has 43 heavy (non-hydrogen) atoms. The standard InChI is InChI=1S/C10H14N4S.2C6H12N3P.C2H6O.3ClH.H2O.Ru/c1-8(9-6-4-5-7-11-9)12-13-10(15)14(2)3;2*1-7-2-9-3-8(1)5-10(4-7)6-9;1-2-3;;;;;/h4-7H,1-3H3,(H,13,15);2*1-6H2;3H,2H2,1H3;3*1H;1H2;/q;;;;;;;;+2/p-3/b12-8+;;;;;;;;. The van der Waals surface area contributed by atoms with Crippen molar-refractivity contribution in [2.75, 3.05) is 98.4 Å². The zero-order valence-electron chi connectivity index (χ0n) is 25.3. The molecule has 8 bridgehead atoms. The van der Waals surface area contributed by atoms with Gasteiger partial charge in [-0.1, -0.05) is 21.9 Å². The Labute approximate surface area is 296 Å². The summed E-state index contributed by atoms with van der Waals surface area (Å²) in [6, 6.07) is 5.69. The van der Waals surface area contributed by atoms with E-state index in [1.165, 1.54) is 77.7 Å². The number of rotatable bonds is 2. The Hall–Kier alpha value is 0.543. The van der Waals surface area contributed by atoms with Crippen molar-refractivity contribution < 1.29 is 67.3 Å². The molecule has 0 atom stereocenters. The molecule has 250 valence electrons. The second kappa shape index (κ2) is 23.0. The molecule has 4 N–H and O–H groups in total.